The maximum absolute atomic E-state index is 13.5. The zero-order valence-electron chi connectivity index (χ0n) is 15.8. The summed E-state index contributed by atoms with van der Waals surface area (Å²) in [6.07, 6.45) is -21.8. The van der Waals surface area contributed by atoms with Crippen LogP contribution >= 0.6 is 0 Å². The Morgan fingerprint density at radius 2 is 0.824 bits per heavy atom. The zero-order valence-corrected chi connectivity index (χ0v) is 15.8. The largest absolute Gasteiger partial charge is 0.471 e. The molecule has 4 nitrogen and oxygen atoms in total. The molecule has 0 radical (unpaired) electrons. The van der Waals surface area contributed by atoms with E-state index in [9.17, 15) is 62.3 Å². The number of carbonyl (C=O) groups is 2. The van der Waals surface area contributed by atoms with Crippen molar-refractivity contribution in [2.24, 2.45) is 0 Å². The summed E-state index contributed by atoms with van der Waals surface area (Å²) in [6, 6.07) is 1.53. The van der Waals surface area contributed by atoms with Gasteiger partial charge in [0.1, 0.15) is 0 Å². The third-order valence-corrected chi connectivity index (χ3v) is 3.97. The minimum Gasteiger partial charge on any atom is -0.318 e. The molecule has 0 aliphatic heterocycles. The minimum atomic E-state index is -5.47. The molecule has 0 bridgehead atoms. The summed E-state index contributed by atoms with van der Waals surface area (Å²) in [7, 11) is 0. The van der Waals surface area contributed by atoms with Crippen molar-refractivity contribution < 1.29 is 62.3 Å². The van der Waals surface area contributed by atoms with E-state index in [0.29, 0.717) is 24.3 Å². The van der Waals surface area contributed by atoms with Crippen molar-refractivity contribution in [2.45, 2.75) is 24.7 Å². The van der Waals surface area contributed by atoms with Crippen LogP contribution in [0, 0.1) is 0 Å². The highest BCUT2D eigenvalue weighted by Crippen LogP contribution is 2.44. The molecule has 0 aromatic heterocycles. The predicted molar refractivity (Wildman–Crippen MR) is 91.3 cm³/mol. The molecule has 2 N–H and O–H groups in total. The molecule has 186 valence electrons. The van der Waals surface area contributed by atoms with Crippen LogP contribution < -0.4 is 10.6 Å². The smallest absolute Gasteiger partial charge is 0.318 e. The lowest BCUT2D eigenvalue weighted by atomic mass is 9.93. The lowest BCUT2D eigenvalue weighted by Gasteiger charge is -2.20. The second-order valence-corrected chi connectivity index (χ2v) is 6.42. The van der Waals surface area contributed by atoms with Crippen LogP contribution in [0.15, 0.2) is 36.4 Å². The number of hydrogen-bond donors (Lipinski definition) is 2. The van der Waals surface area contributed by atoms with Crippen molar-refractivity contribution in [1.29, 1.82) is 0 Å². The molecule has 16 heteroatoms. The number of alkyl halides is 12. The average Bonchev–Trinajstić information content (AvgIpc) is 2.65. The molecule has 0 saturated heterocycles. The van der Waals surface area contributed by atoms with E-state index in [4.69, 9.17) is 0 Å². The van der Waals surface area contributed by atoms with E-state index in [-0.39, 0.29) is 12.1 Å². The van der Waals surface area contributed by atoms with Crippen molar-refractivity contribution in [1.82, 2.24) is 0 Å². The van der Waals surface area contributed by atoms with Crippen molar-refractivity contribution in [3.05, 3.63) is 47.5 Å². The first-order chi connectivity index (χ1) is 15.2. The fourth-order valence-electron chi connectivity index (χ4n) is 2.59. The van der Waals surface area contributed by atoms with Crippen LogP contribution in [0.4, 0.5) is 64.1 Å². The van der Waals surface area contributed by atoms with Gasteiger partial charge in [0.15, 0.2) is 0 Å². The highest BCUT2D eigenvalue weighted by Gasteiger charge is 2.42. The van der Waals surface area contributed by atoms with Gasteiger partial charge >= 0.3 is 36.5 Å². The summed E-state index contributed by atoms with van der Waals surface area (Å²) < 4.78 is 155. The standard InChI is InChI=1S/C18H8F12N2O2/c19-15(20,21)11-5-7(31-13(33)17(25,26)27)1-3-9(11)10-4-2-8(6-12(10)16(22,23)24)32-14(34)18(28,29)30/h1-6H,(H,31,33)(H,32,34). The van der Waals surface area contributed by atoms with Gasteiger partial charge in [0.25, 0.3) is 0 Å². The first-order valence-corrected chi connectivity index (χ1v) is 8.40. The van der Waals surface area contributed by atoms with Gasteiger partial charge in [-0.15, -0.1) is 0 Å². The lowest BCUT2D eigenvalue weighted by molar-refractivity contribution is -0.167. The summed E-state index contributed by atoms with van der Waals surface area (Å²) in [4.78, 5) is 21.9. The Bertz CT molecular complexity index is 1010. The normalized spacial score (nSPS) is 12.9. The van der Waals surface area contributed by atoms with Crippen LogP contribution in [-0.2, 0) is 21.9 Å². The van der Waals surface area contributed by atoms with Gasteiger partial charge in [-0.2, -0.15) is 52.7 Å². The van der Waals surface area contributed by atoms with Gasteiger partial charge in [0, 0.05) is 11.4 Å². The Labute approximate surface area is 180 Å². The highest BCUT2D eigenvalue weighted by molar-refractivity contribution is 5.96. The third kappa shape index (κ3) is 6.32. The number of nitrogens with one attached hydrogen (secondary N) is 2. The lowest BCUT2D eigenvalue weighted by Crippen LogP contribution is -2.30. The Morgan fingerprint density at radius 1 is 0.529 bits per heavy atom. The van der Waals surface area contributed by atoms with Crippen LogP contribution in [0.2, 0.25) is 0 Å². The zero-order chi connectivity index (χ0) is 26.3. The summed E-state index contributed by atoms with van der Waals surface area (Å²) in [5, 5.41) is 2.25. The van der Waals surface area contributed by atoms with E-state index in [1.165, 1.54) is 0 Å². The fourth-order valence-corrected chi connectivity index (χ4v) is 2.59. The molecular weight excluding hydrogens is 504 g/mol. The number of benzene rings is 2. The molecule has 2 aromatic carbocycles. The Balaban J connectivity index is 2.65. The van der Waals surface area contributed by atoms with Crippen molar-refractivity contribution >= 4 is 23.2 Å². The molecule has 0 saturated carbocycles. The van der Waals surface area contributed by atoms with E-state index in [2.05, 4.69) is 0 Å². The second-order valence-electron chi connectivity index (χ2n) is 6.42. The van der Waals surface area contributed by atoms with Gasteiger partial charge in [0.05, 0.1) is 11.1 Å². The number of hydrogen-bond acceptors (Lipinski definition) is 2. The van der Waals surface area contributed by atoms with Crippen LogP contribution in [0.5, 0.6) is 0 Å². The topological polar surface area (TPSA) is 58.2 Å². The molecule has 0 fully saturated rings. The Kier molecular flexibility index (Phi) is 6.87. The summed E-state index contributed by atoms with van der Waals surface area (Å²) >= 11 is 0. The van der Waals surface area contributed by atoms with Crippen molar-refractivity contribution in [2.75, 3.05) is 10.6 Å². The summed E-state index contributed by atoms with van der Waals surface area (Å²) in [6.45, 7) is 0. The summed E-state index contributed by atoms with van der Waals surface area (Å²) in [5.74, 6) is -5.29. The van der Waals surface area contributed by atoms with Gasteiger partial charge in [0.2, 0.25) is 0 Å². The molecule has 0 heterocycles. The Morgan fingerprint density at radius 3 is 1.06 bits per heavy atom. The fraction of sp³-hybridized carbons (Fsp3) is 0.222. The van der Waals surface area contributed by atoms with E-state index in [1.54, 1.807) is 0 Å². The molecule has 0 spiro atoms. The maximum Gasteiger partial charge on any atom is 0.471 e. The number of halogens is 12. The molecule has 0 aliphatic carbocycles. The quantitative estimate of drug-likeness (QED) is 0.469. The molecule has 34 heavy (non-hydrogen) atoms. The van der Waals surface area contributed by atoms with Crippen molar-refractivity contribution in [3.8, 4) is 11.1 Å². The third-order valence-electron chi connectivity index (χ3n) is 3.97. The van der Waals surface area contributed by atoms with Crippen molar-refractivity contribution in [3.63, 3.8) is 0 Å². The molecular formula is C18H8F12N2O2. The average molecular weight is 512 g/mol. The first kappa shape index (κ1) is 26.8. The van der Waals surface area contributed by atoms with E-state index in [0.717, 1.165) is 10.6 Å². The molecule has 2 aromatic rings. The van der Waals surface area contributed by atoms with Gasteiger partial charge < -0.3 is 10.6 Å². The van der Waals surface area contributed by atoms with E-state index < -0.39 is 70.1 Å². The maximum atomic E-state index is 13.5. The molecule has 2 amide bonds. The van der Waals surface area contributed by atoms with Gasteiger partial charge in [-0.05, 0) is 35.4 Å². The SMILES string of the molecule is O=C(Nc1ccc(-c2ccc(NC(=O)C(F)(F)F)cc2C(F)(F)F)c(C(F)(F)F)c1)C(F)(F)F. The van der Waals surface area contributed by atoms with Crippen LogP contribution in [-0.4, -0.2) is 24.2 Å². The van der Waals surface area contributed by atoms with E-state index in [1.807, 2.05) is 0 Å². The summed E-state index contributed by atoms with van der Waals surface area (Å²) in [5.41, 5.74) is -8.27. The number of carbonyl (C=O) groups excluding carboxylic acids is 2. The molecule has 2 rings (SSSR count). The van der Waals surface area contributed by atoms with Crippen LogP contribution in [0.3, 0.4) is 0 Å². The molecule has 0 unspecified atom stereocenters. The Hall–Kier alpha value is -3.46. The number of rotatable bonds is 3. The number of anilines is 2. The van der Waals surface area contributed by atoms with E-state index >= 15 is 0 Å². The van der Waals surface area contributed by atoms with Gasteiger partial charge in [-0.1, -0.05) is 12.1 Å². The molecule has 0 aliphatic rings. The van der Waals surface area contributed by atoms with Crippen LogP contribution in [0.1, 0.15) is 11.1 Å². The second kappa shape index (κ2) is 8.72. The number of amides is 2. The first-order valence-electron chi connectivity index (χ1n) is 8.40. The van der Waals surface area contributed by atoms with Crippen LogP contribution in [0.25, 0.3) is 11.1 Å². The van der Waals surface area contributed by atoms with Gasteiger partial charge in [-0.25, -0.2) is 0 Å². The monoisotopic (exact) mass is 512 g/mol. The highest BCUT2D eigenvalue weighted by atomic mass is 19.4. The van der Waals surface area contributed by atoms with Gasteiger partial charge in [-0.3, -0.25) is 9.59 Å². The minimum absolute atomic E-state index is 0.0432. The predicted octanol–water partition coefficient (Wildman–Crippen LogP) is 6.39. The molecule has 0 atom stereocenters.